The highest BCUT2D eigenvalue weighted by Crippen LogP contribution is 2.07. The van der Waals surface area contributed by atoms with Gasteiger partial charge in [-0.1, -0.05) is 13.0 Å². The number of nitrogens with zero attached hydrogens (tertiary/aromatic N) is 2. The summed E-state index contributed by atoms with van der Waals surface area (Å²) in [4.78, 5) is 17.9. The molecular formula is C14H24N4O2. The van der Waals surface area contributed by atoms with E-state index in [4.69, 9.17) is 0 Å². The predicted molar refractivity (Wildman–Crippen MR) is 79.7 cm³/mol. The number of hydrogen-bond donors (Lipinski definition) is 3. The van der Waals surface area contributed by atoms with E-state index in [2.05, 4.69) is 15.6 Å². The molecular weight excluding hydrogens is 256 g/mol. The molecule has 1 aromatic rings. The fourth-order valence-corrected chi connectivity index (χ4v) is 1.60. The number of aliphatic hydroxyl groups is 1. The number of carbonyl (C=O) groups is 1. The molecule has 0 aromatic carbocycles. The molecule has 0 aliphatic carbocycles. The van der Waals surface area contributed by atoms with Gasteiger partial charge in [0.15, 0.2) is 0 Å². The number of urea groups is 1. The Bertz CT molecular complexity index is 423. The second kappa shape index (κ2) is 8.37. The smallest absolute Gasteiger partial charge is 0.315 e. The molecule has 6 nitrogen and oxygen atoms in total. The predicted octanol–water partition coefficient (Wildman–Crippen LogP) is 1.11. The van der Waals surface area contributed by atoms with Crippen LogP contribution in [-0.4, -0.2) is 42.9 Å². The number of hydrogen-bond acceptors (Lipinski definition) is 4. The van der Waals surface area contributed by atoms with Gasteiger partial charge in [0.2, 0.25) is 0 Å². The van der Waals surface area contributed by atoms with Crippen LogP contribution < -0.4 is 15.5 Å². The minimum Gasteiger partial charge on any atom is -0.393 e. The van der Waals surface area contributed by atoms with Gasteiger partial charge in [-0.05, 0) is 25.0 Å². The van der Waals surface area contributed by atoms with Crippen molar-refractivity contribution < 1.29 is 9.90 Å². The van der Waals surface area contributed by atoms with Gasteiger partial charge in [-0.15, -0.1) is 0 Å². The van der Waals surface area contributed by atoms with Crippen LogP contribution in [0.15, 0.2) is 18.2 Å². The first-order valence-corrected chi connectivity index (χ1v) is 6.86. The Morgan fingerprint density at radius 2 is 2.15 bits per heavy atom. The lowest BCUT2D eigenvalue weighted by Crippen LogP contribution is -2.36. The molecule has 1 aromatic heterocycles. The monoisotopic (exact) mass is 280 g/mol. The zero-order valence-corrected chi connectivity index (χ0v) is 12.4. The number of carbonyl (C=O) groups excluding carboxylic acids is 1. The lowest BCUT2D eigenvalue weighted by Gasteiger charge is -2.13. The quantitative estimate of drug-likeness (QED) is 0.699. The largest absolute Gasteiger partial charge is 0.393 e. The van der Waals surface area contributed by atoms with Gasteiger partial charge in [0, 0.05) is 20.6 Å². The van der Waals surface area contributed by atoms with Crippen LogP contribution >= 0.6 is 0 Å². The van der Waals surface area contributed by atoms with E-state index in [1.165, 1.54) is 0 Å². The minimum atomic E-state index is -0.353. The van der Waals surface area contributed by atoms with Crippen molar-refractivity contribution in [2.75, 3.05) is 25.5 Å². The summed E-state index contributed by atoms with van der Waals surface area (Å²) in [5.74, 6) is 0.857. The maximum atomic E-state index is 11.6. The first kappa shape index (κ1) is 16.2. The fraction of sp³-hybridized carbons (Fsp3) is 0.571. The van der Waals surface area contributed by atoms with Gasteiger partial charge >= 0.3 is 6.03 Å². The van der Waals surface area contributed by atoms with Crippen LogP contribution in [-0.2, 0) is 6.54 Å². The molecule has 2 amide bonds. The van der Waals surface area contributed by atoms with Crippen molar-refractivity contribution in [3.05, 3.63) is 23.9 Å². The Morgan fingerprint density at radius 3 is 2.80 bits per heavy atom. The summed E-state index contributed by atoms with van der Waals surface area (Å²) < 4.78 is 0. The molecule has 1 atom stereocenters. The van der Waals surface area contributed by atoms with Crippen LogP contribution in [0.3, 0.4) is 0 Å². The summed E-state index contributed by atoms with van der Waals surface area (Å²) in [6.07, 6.45) is 0.914. The summed E-state index contributed by atoms with van der Waals surface area (Å²) in [7, 11) is 3.84. The number of aliphatic hydroxyl groups excluding tert-OH is 1. The molecule has 0 radical (unpaired) electrons. The average Bonchev–Trinajstić information content (AvgIpc) is 2.45. The molecule has 112 valence electrons. The average molecular weight is 280 g/mol. The van der Waals surface area contributed by atoms with Gasteiger partial charge in [0.05, 0.1) is 18.3 Å². The first-order valence-electron chi connectivity index (χ1n) is 6.86. The summed E-state index contributed by atoms with van der Waals surface area (Å²) in [5.41, 5.74) is 0.806. The third kappa shape index (κ3) is 5.88. The Hall–Kier alpha value is -1.82. The van der Waals surface area contributed by atoms with E-state index >= 15 is 0 Å². The molecule has 1 rings (SSSR count). The molecule has 1 unspecified atom stereocenters. The molecule has 0 aliphatic rings. The normalized spacial score (nSPS) is 11.8. The van der Waals surface area contributed by atoms with Crippen molar-refractivity contribution in [3.63, 3.8) is 0 Å². The van der Waals surface area contributed by atoms with E-state index in [1.807, 2.05) is 44.1 Å². The van der Waals surface area contributed by atoms with Crippen LogP contribution in [0.4, 0.5) is 10.6 Å². The van der Waals surface area contributed by atoms with Gasteiger partial charge in [0.1, 0.15) is 5.82 Å². The second-order valence-electron chi connectivity index (χ2n) is 4.84. The van der Waals surface area contributed by atoms with E-state index in [1.54, 1.807) is 0 Å². The van der Waals surface area contributed by atoms with Crippen molar-refractivity contribution >= 4 is 11.8 Å². The van der Waals surface area contributed by atoms with Gasteiger partial charge in [-0.25, -0.2) is 9.78 Å². The fourth-order valence-electron chi connectivity index (χ4n) is 1.60. The summed E-state index contributed by atoms with van der Waals surface area (Å²) in [6.45, 7) is 2.75. The molecule has 0 aliphatic heterocycles. The second-order valence-corrected chi connectivity index (χ2v) is 4.84. The Morgan fingerprint density at radius 1 is 1.40 bits per heavy atom. The summed E-state index contributed by atoms with van der Waals surface area (Å²) in [5, 5.41) is 14.8. The number of aromatic nitrogens is 1. The van der Waals surface area contributed by atoms with Crippen molar-refractivity contribution in [1.82, 2.24) is 15.6 Å². The zero-order valence-electron chi connectivity index (χ0n) is 12.4. The molecule has 0 bridgehead atoms. The van der Waals surface area contributed by atoms with Crippen molar-refractivity contribution in [3.8, 4) is 0 Å². The van der Waals surface area contributed by atoms with E-state index in [-0.39, 0.29) is 12.1 Å². The van der Waals surface area contributed by atoms with Gasteiger partial charge in [0.25, 0.3) is 0 Å². The molecule has 0 spiro atoms. The van der Waals surface area contributed by atoms with E-state index in [9.17, 15) is 9.90 Å². The number of rotatable bonds is 7. The van der Waals surface area contributed by atoms with Crippen LogP contribution in [0.1, 0.15) is 25.5 Å². The number of anilines is 1. The molecule has 0 saturated heterocycles. The SMILES string of the molecule is CCC(O)CCNC(=O)NCc1cccc(N(C)C)n1. The lowest BCUT2D eigenvalue weighted by atomic mass is 10.2. The third-order valence-corrected chi connectivity index (χ3v) is 2.91. The van der Waals surface area contributed by atoms with E-state index < -0.39 is 0 Å². The minimum absolute atomic E-state index is 0.245. The van der Waals surface area contributed by atoms with Gasteiger partial charge in [-0.3, -0.25) is 0 Å². The van der Waals surface area contributed by atoms with E-state index in [0.717, 1.165) is 11.5 Å². The number of nitrogens with one attached hydrogen (secondary N) is 2. The highest BCUT2D eigenvalue weighted by molar-refractivity contribution is 5.73. The molecule has 3 N–H and O–H groups in total. The standard InChI is InChI=1S/C14H24N4O2/c1-4-12(19)8-9-15-14(20)16-10-11-6-5-7-13(17-11)18(2)3/h5-7,12,19H,4,8-10H2,1-3H3,(H2,15,16,20). The highest BCUT2D eigenvalue weighted by Gasteiger charge is 2.04. The Labute approximate surface area is 120 Å². The summed E-state index contributed by atoms with van der Waals surface area (Å²) >= 11 is 0. The van der Waals surface area contributed by atoms with E-state index in [0.29, 0.717) is 25.9 Å². The van der Waals surface area contributed by atoms with Crippen LogP contribution in [0.25, 0.3) is 0 Å². The van der Waals surface area contributed by atoms with Crippen molar-refractivity contribution in [2.24, 2.45) is 0 Å². The highest BCUT2D eigenvalue weighted by atomic mass is 16.3. The van der Waals surface area contributed by atoms with Gasteiger partial charge in [-0.2, -0.15) is 0 Å². The number of amides is 2. The lowest BCUT2D eigenvalue weighted by molar-refractivity contribution is 0.160. The van der Waals surface area contributed by atoms with Gasteiger partial charge < -0.3 is 20.6 Å². The molecule has 6 heteroatoms. The Balaban J connectivity index is 2.32. The molecule has 20 heavy (non-hydrogen) atoms. The van der Waals surface area contributed by atoms with Crippen LogP contribution in [0.2, 0.25) is 0 Å². The van der Waals surface area contributed by atoms with Crippen LogP contribution in [0.5, 0.6) is 0 Å². The Kier molecular flexibility index (Phi) is 6.79. The maximum absolute atomic E-state index is 11.6. The zero-order chi connectivity index (χ0) is 15.0. The van der Waals surface area contributed by atoms with Crippen molar-refractivity contribution in [1.29, 1.82) is 0 Å². The maximum Gasteiger partial charge on any atom is 0.315 e. The van der Waals surface area contributed by atoms with Crippen LogP contribution in [0, 0.1) is 0 Å². The third-order valence-electron chi connectivity index (χ3n) is 2.91. The molecule has 0 saturated carbocycles. The topological polar surface area (TPSA) is 77.5 Å². The molecule has 0 fully saturated rings. The molecule has 1 heterocycles. The summed E-state index contributed by atoms with van der Waals surface area (Å²) in [6, 6.07) is 5.45. The first-order chi connectivity index (χ1) is 9.52. The van der Waals surface area contributed by atoms with Crippen molar-refractivity contribution in [2.45, 2.75) is 32.4 Å². The number of pyridine rings is 1.